The Balaban J connectivity index is 1.94. The fraction of sp³-hybridized carbons (Fsp3) is 0.304. The normalized spacial score (nSPS) is 15.4. The second-order valence-corrected chi connectivity index (χ2v) is 8.08. The predicted molar refractivity (Wildman–Crippen MR) is 124 cm³/mol. The van der Waals surface area contributed by atoms with Crippen molar-refractivity contribution in [2.24, 2.45) is 5.10 Å². The molecule has 2 N–H and O–H groups in total. The van der Waals surface area contributed by atoms with Crippen molar-refractivity contribution in [3.63, 3.8) is 0 Å². The number of aryl methyl sites for hydroxylation is 1. The van der Waals surface area contributed by atoms with Gasteiger partial charge < -0.3 is 15.4 Å². The molecular weight excluding hydrogens is 432 g/mol. The predicted octanol–water partition coefficient (Wildman–Crippen LogP) is 3.53. The number of nitrogens with one attached hydrogen (secondary N) is 2. The number of benzene rings is 2. The smallest absolute Gasteiger partial charge is 0.354 e. The number of rotatable bonds is 6. The van der Waals surface area contributed by atoms with Gasteiger partial charge in [-0.25, -0.2) is 4.79 Å². The summed E-state index contributed by atoms with van der Waals surface area (Å²) in [6.07, 6.45) is 0.0309. The van der Waals surface area contributed by atoms with Crippen LogP contribution < -0.4 is 15.6 Å². The molecule has 9 heteroatoms. The number of amides is 2. The van der Waals surface area contributed by atoms with Crippen LogP contribution in [0.2, 0.25) is 5.02 Å². The van der Waals surface area contributed by atoms with E-state index in [1.807, 2.05) is 13.8 Å². The Morgan fingerprint density at radius 3 is 2.53 bits per heavy atom. The Bertz CT molecular complexity index is 1080. The maximum Gasteiger partial charge on any atom is 0.354 e. The van der Waals surface area contributed by atoms with Crippen molar-refractivity contribution in [3.8, 4) is 0 Å². The summed E-state index contributed by atoms with van der Waals surface area (Å²) in [4.78, 5) is 38.1. The third-order valence-corrected chi connectivity index (χ3v) is 5.24. The Kier molecular flexibility index (Phi) is 7.15. The first-order valence-corrected chi connectivity index (χ1v) is 10.5. The molecule has 0 aromatic heterocycles. The summed E-state index contributed by atoms with van der Waals surface area (Å²) in [5.41, 5.74) is 2.07. The van der Waals surface area contributed by atoms with Crippen LogP contribution in [0.5, 0.6) is 0 Å². The molecule has 1 heterocycles. The average Bonchev–Trinajstić information content (AvgIpc) is 3.19. The highest BCUT2D eigenvalue weighted by Crippen LogP contribution is 2.32. The van der Waals surface area contributed by atoms with E-state index in [2.05, 4.69) is 15.7 Å². The zero-order valence-corrected chi connectivity index (χ0v) is 19.1. The maximum absolute atomic E-state index is 13.4. The molecule has 2 aromatic carbocycles. The Labute approximate surface area is 191 Å². The van der Waals surface area contributed by atoms with E-state index >= 15 is 0 Å². The summed E-state index contributed by atoms with van der Waals surface area (Å²) in [5.74, 6) is -1.34. The number of carbonyl (C=O) groups excluding carboxylic acids is 3. The highest BCUT2D eigenvalue weighted by Gasteiger charge is 2.38. The lowest BCUT2D eigenvalue weighted by atomic mass is 10.0. The summed E-state index contributed by atoms with van der Waals surface area (Å²) in [6, 6.07) is 11.2. The van der Waals surface area contributed by atoms with Crippen molar-refractivity contribution in [1.29, 1.82) is 0 Å². The van der Waals surface area contributed by atoms with E-state index in [-0.39, 0.29) is 24.1 Å². The molecule has 0 radical (unpaired) electrons. The van der Waals surface area contributed by atoms with Gasteiger partial charge in [0.2, 0.25) is 5.91 Å². The number of halogens is 1. The van der Waals surface area contributed by atoms with Crippen molar-refractivity contribution < 1.29 is 19.1 Å². The Hall–Kier alpha value is -3.39. The minimum absolute atomic E-state index is 0.0309. The van der Waals surface area contributed by atoms with Crippen LogP contribution in [-0.2, 0) is 14.3 Å². The van der Waals surface area contributed by atoms with Gasteiger partial charge in [0, 0.05) is 12.5 Å². The van der Waals surface area contributed by atoms with E-state index in [0.29, 0.717) is 22.0 Å². The number of hydrogen-bond acceptors (Lipinski definition) is 6. The van der Waals surface area contributed by atoms with Crippen molar-refractivity contribution in [3.05, 3.63) is 58.6 Å². The van der Waals surface area contributed by atoms with Crippen LogP contribution in [0.1, 0.15) is 36.2 Å². The van der Waals surface area contributed by atoms with Crippen LogP contribution in [0.3, 0.4) is 0 Å². The number of para-hydroxylation sites is 2. The summed E-state index contributed by atoms with van der Waals surface area (Å²) in [5, 5.41) is 11.8. The first-order chi connectivity index (χ1) is 15.2. The minimum atomic E-state index is -0.857. The molecule has 32 heavy (non-hydrogen) atoms. The van der Waals surface area contributed by atoms with E-state index in [0.717, 1.165) is 5.56 Å². The molecule has 2 amide bonds. The highest BCUT2D eigenvalue weighted by atomic mass is 35.5. The Morgan fingerprint density at radius 2 is 1.88 bits per heavy atom. The second kappa shape index (κ2) is 9.82. The Morgan fingerprint density at radius 1 is 1.16 bits per heavy atom. The molecule has 1 unspecified atom stereocenters. The fourth-order valence-electron chi connectivity index (χ4n) is 3.38. The average molecular weight is 457 g/mol. The number of ether oxygens (including phenoxy) is 1. The minimum Gasteiger partial charge on any atom is -0.464 e. The maximum atomic E-state index is 13.4. The number of hydrazone groups is 1. The number of nitrogens with zero attached hydrogens (tertiary/aromatic N) is 2. The highest BCUT2D eigenvalue weighted by molar-refractivity contribution is 6.38. The molecule has 2 aromatic rings. The second-order valence-electron chi connectivity index (χ2n) is 7.67. The quantitative estimate of drug-likeness (QED) is 0.647. The molecule has 8 nitrogen and oxygen atoms in total. The van der Waals surface area contributed by atoms with Gasteiger partial charge in [-0.05, 0) is 44.5 Å². The monoisotopic (exact) mass is 456 g/mol. The lowest BCUT2D eigenvalue weighted by Crippen LogP contribution is -2.39. The SMILES string of the molecule is COC(=O)C1=NN(c2ccccc2Cl)C(C(=O)Nc2c(C)cccc2C(=O)NC(C)C)C1. The molecular formula is C23H25ClN4O4. The van der Waals surface area contributed by atoms with Crippen LogP contribution >= 0.6 is 11.6 Å². The van der Waals surface area contributed by atoms with Gasteiger partial charge in [0.1, 0.15) is 11.8 Å². The van der Waals surface area contributed by atoms with Crippen molar-refractivity contribution in [1.82, 2.24) is 5.32 Å². The molecule has 1 atom stereocenters. The fourth-order valence-corrected chi connectivity index (χ4v) is 3.61. The molecule has 0 saturated heterocycles. The van der Waals surface area contributed by atoms with Crippen LogP contribution in [0, 0.1) is 6.92 Å². The lowest BCUT2D eigenvalue weighted by molar-refractivity contribution is -0.132. The molecule has 1 aliphatic rings. The topological polar surface area (TPSA) is 100 Å². The van der Waals surface area contributed by atoms with Crippen LogP contribution in [0.15, 0.2) is 47.6 Å². The number of hydrogen-bond donors (Lipinski definition) is 2. The first-order valence-electron chi connectivity index (χ1n) is 10.1. The standard InChI is InChI=1S/C23H25ClN4O4/c1-13(2)25-21(29)15-9-7-8-14(3)20(15)26-22(30)19-12-17(23(31)32-4)27-28(19)18-11-6-5-10-16(18)24/h5-11,13,19H,12H2,1-4H3,(H,25,29)(H,26,30). The van der Waals surface area contributed by atoms with Gasteiger partial charge in [0.15, 0.2) is 0 Å². The molecule has 3 rings (SSSR count). The molecule has 0 bridgehead atoms. The lowest BCUT2D eigenvalue weighted by Gasteiger charge is -2.24. The molecule has 0 saturated carbocycles. The van der Waals surface area contributed by atoms with Crippen molar-refractivity contribution >= 4 is 46.5 Å². The summed E-state index contributed by atoms with van der Waals surface area (Å²) in [6.45, 7) is 5.52. The molecule has 0 spiro atoms. The molecule has 0 fully saturated rings. The third kappa shape index (κ3) is 4.91. The molecule has 168 valence electrons. The third-order valence-electron chi connectivity index (χ3n) is 4.92. The van der Waals surface area contributed by atoms with E-state index in [4.69, 9.17) is 16.3 Å². The van der Waals surface area contributed by atoms with Gasteiger partial charge in [-0.1, -0.05) is 35.9 Å². The molecule has 0 aliphatic carbocycles. The van der Waals surface area contributed by atoms with Crippen LogP contribution in [0.25, 0.3) is 0 Å². The van der Waals surface area contributed by atoms with E-state index in [9.17, 15) is 14.4 Å². The number of esters is 1. The van der Waals surface area contributed by atoms with Gasteiger partial charge in [-0.2, -0.15) is 5.10 Å². The van der Waals surface area contributed by atoms with Gasteiger partial charge in [-0.3, -0.25) is 14.6 Å². The van der Waals surface area contributed by atoms with Crippen molar-refractivity contribution in [2.75, 3.05) is 17.4 Å². The number of methoxy groups -OCH3 is 1. The summed E-state index contributed by atoms with van der Waals surface area (Å²) < 4.78 is 4.79. The van der Waals surface area contributed by atoms with Crippen LogP contribution in [-0.4, -0.2) is 42.7 Å². The van der Waals surface area contributed by atoms with Gasteiger partial charge in [-0.15, -0.1) is 0 Å². The number of carbonyl (C=O) groups is 3. The number of anilines is 2. The van der Waals surface area contributed by atoms with Gasteiger partial charge in [0.05, 0.1) is 29.1 Å². The first kappa shape index (κ1) is 23.3. The van der Waals surface area contributed by atoms with Crippen LogP contribution in [0.4, 0.5) is 11.4 Å². The zero-order valence-electron chi connectivity index (χ0n) is 18.3. The summed E-state index contributed by atoms with van der Waals surface area (Å²) in [7, 11) is 1.25. The van der Waals surface area contributed by atoms with E-state index in [1.54, 1.807) is 49.4 Å². The largest absolute Gasteiger partial charge is 0.464 e. The molecule has 1 aliphatic heterocycles. The zero-order chi connectivity index (χ0) is 23.4. The van der Waals surface area contributed by atoms with Crippen molar-refractivity contribution in [2.45, 2.75) is 39.3 Å². The van der Waals surface area contributed by atoms with E-state index in [1.165, 1.54) is 12.1 Å². The van der Waals surface area contributed by atoms with Gasteiger partial charge >= 0.3 is 5.97 Å². The van der Waals surface area contributed by atoms with Gasteiger partial charge in [0.25, 0.3) is 5.91 Å². The van der Waals surface area contributed by atoms with E-state index < -0.39 is 17.9 Å². The summed E-state index contributed by atoms with van der Waals surface area (Å²) >= 11 is 6.32.